The standard InChI is InChI=1S/C19H24F3N3OS/c1-13-17(12-25-8-9-26-16(11-25)10-24(2)3)27-18(23-13)14-4-6-15(7-5-14)19(20,21)22/h4-7,16H,8-12H2,1-3H3. The summed E-state index contributed by atoms with van der Waals surface area (Å²) in [5.74, 6) is 0. The summed E-state index contributed by atoms with van der Waals surface area (Å²) in [6.45, 7) is 6.08. The maximum absolute atomic E-state index is 12.7. The van der Waals surface area contributed by atoms with Gasteiger partial charge in [-0.1, -0.05) is 12.1 Å². The number of ether oxygens (including phenoxy) is 1. The highest BCUT2D eigenvalue weighted by molar-refractivity contribution is 7.15. The number of benzene rings is 1. The Balaban J connectivity index is 1.69. The molecule has 148 valence electrons. The van der Waals surface area contributed by atoms with Crippen LogP contribution < -0.4 is 0 Å². The predicted molar refractivity (Wildman–Crippen MR) is 101 cm³/mol. The molecule has 2 aromatic rings. The third-order valence-electron chi connectivity index (χ3n) is 4.51. The number of morpholine rings is 1. The Morgan fingerprint density at radius 2 is 1.96 bits per heavy atom. The topological polar surface area (TPSA) is 28.6 Å². The minimum absolute atomic E-state index is 0.191. The Kier molecular flexibility index (Phi) is 6.20. The van der Waals surface area contributed by atoms with Crippen LogP contribution in [0.4, 0.5) is 13.2 Å². The Hall–Kier alpha value is -1.48. The lowest BCUT2D eigenvalue weighted by molar-refractivity contribution is -0.137. The summed E-state index contributed by atoms with van der Waals surface area (Å²) in [7, 11) is 4.07. The number of aryl methyl sites for hydroxylation is 1. The van der Waals surface area contributed by atoms with Crippen molar-refractivity contribution in [3.63, 3.8) is 0 Å². The first-order valence-corrected chi connectivity index (χ1v) is 9.66. The van der Waals surface area contributed by atoms with Gasteiger partial charge in [-0.2, -0.15) is 13.2 Å². The van der Waals surface area contributed by atoms with Crippen LogP contribution in [0.1, 0.15) is 16.1 Å². The molecule has 1 fully saturated rings. The van der Waals surface area contributed by atoms with Crippen molar-refractivity contribution in [2.75, 3.05) is 40.3 Å². The number of thiazole rings is 1. The Morgan fingerprint density at radius 3 is 2.59 bits per heavy atom. The molecule has 0 spiro atoms. The van der Waals surface area contributed by atoms with E-state index in [2.05, 4.69) is 14.8 Å². The van der Waals surface area contributed by atoms with Crippen molar-refractivity contribution in [2.45, 2.75) is 25.7 Å². The van der Waals surface area contributed by atoms with Gasteiger partial charge in [-0.15, -0.1) is 11.3 Å². The molecule has 0 radical (unpaired) electrons. The van der Waals surface area contributed by atoms with Crippen molar-refractivity contribution in [1.29, 1.82) is 0 Å². The number of nitrogens with zero attached hydrogens (tertiary/aromatic N) is 3. The molecule has 1 saturated heterocycles. The molecule has 1 aromatic carbocycles. The molecule has 4 nitrogen and oxygen atoms in total. The molecule has 3 rings (SSSR count). The largest absolute Gasteiger partial charge is 0.416 e. The molecule has 0 saturated carbocycles. The molecule has 0 amide bonds. The maximum Gasteiger partial charge on any atom is 0.416 e. The highest BCUT2D eigenvalue weighted by Gasteiger charge is 2.30. The molecular formula is C19H24F3N3OS. The molecule has 0 N–H and O–H groups in total. The normalized spacial score (nSPS) is 19.0. The second-order valence-electron chi connectivity index (χ2n) is 7.09. The molecule has 1 aromatic heterocycles. The number of hydrogen-bond donors (Lipinski definition) is 0. The second kappa shape index (κ2) is 8.26. The summed E-state index contributed by atoms with van der Waals surface area (Å²) in [5, 5.41) is 0.759. The van der Waals surface area contributed by atoms with Crippen molar-refractivity contribution in [3.8, 4) is 10.6 Å². The smallest absolute Gasteiger partial charge is 0.374 e. The van der Waals surface area contributed by atoms with E-state index in [0.29, 0.717) is 6.61 Å². The predicted octanol–water partition coefficient (Wildman–Crippen LogP) is 3.90. The fourth-order valence-electron chi connectivity index (χ4n) is 3.14. The zero-order chi connectivity index (χ0) is 19.6. The average Bonchev–Trinajstić information content (AvgIpc) is 2.95. The van der Waals surface area contributed by atoms with Crippen LogP contribution in [0.3, 0.4) is 0 Å². The van der Waals surface area contributed by atoms with Gasteiger partial charge in [0.2, 0.25) is 0 Å². The molecule has 1 aliphatic rings. The van der Waals surface area contributed by atoms with E-state index in [1.54, 1.807) is 11.3 Å². The van der Waals surface area contributed by atoms with E-state index >= 15 is 0 Å². The minimum Gasteiger partial charge on any atom is -0.374 e. The van der Waals surface area contributed by atoms with Crippen LogP contribution in [0.5, 0.6) is 0 Å². The monoisotopic (exact) mass is 399 g/mol. The molecule has 0 aliphatic carbocycles. The molecule has 8 heteroatoms. The van der Waals surface area contributed by atoms with Gasteiger partial charge in [0.25, 0.3) is 0 Å². The van der Waals surface area contributed by atoms with Crippen molar-refractivity contribution >= 4 is 11.3 Å². The fraction of sp³-hybridized carbons (Fsp3) is 0.526. The Labute approximate surface area is 161 Å². The summed E-state index contributed by atoms with van der Waals surface area (Å²) >= 11 is 1.55. The van der Waals surface area contributed by atoms with E-state index < -0.39 is 11.7 Å². The van der Waals surface area contributed by atoms with Crippen LogP contribution in [0.2, 0.25) is 0 Å². The van der Waals surface area contributed by atoms with Crippen molar-refractivity contribution in [3.05, 3.63) is 40.4 Å². The highest BCUT2D eigenvalue weighted by atomic mass is 32.1. The van der Waals surface area contributed by atoms with E-state index in [-0.39, 0.29) is 6.10 Å². The van der Waals surface area contributed by atoms with Gasteiger partial charge in [-0.25, -0.2) is 4.98 Å². The van der Waals surface area contributed by atoms with Crippen LogP contribution in [-0.2, 0) is 17.5 Å². The fourth-order valence-corrected chi connectivity index (χ4v) is 4.26. The molecule has 2 heterocycles. The van der Waals surface area contributed by atoms with Crippen molar-refractivity contribution in [2.24, 2.45) is 0 Å². The summed E-state index contributed by atoms with van der Waals surface area (Å²) < 4.78 is 44.0. The molecule has 27 heavy (non-hydrogen) atoms. The number of alkyl halides is 3. The summed E-state index contributed by atoms with van der Waals surface area (Å²) in [4.78, 5) is 10.2. The van der Waals surface area contributed by atoms with Crippen LogP contribution in [0, 0.1) is 6.92 Å². The first-order valence-electron chi connectivity index (χ1n) is 8.85. The minimum atomic E-state index is -4.32. The van der Waals surface area contributed by atoms with Gasteiger partial charge in [0.05, 0.1) is 24.0 Å². The molecule has 1 unspecified atom stereocenters. The van der Waals surface area contributed by atoms with Gasteiger partial charge in [-0.05, 0) is 33.2 Å². The average molecular weight is 399 g/mol. The van der Waals surface area contributed by atoms with E-state index in [4.69, 9.17) is 4.74 Å². The number of rotatable bonds is 5. The van der Waals surface area contributed by atoms with Gasteiger partial charge in [0.1, 0.15) is 5.01 Å². The number of likely N-dealkylation sites (N-methyl/N-ethyl adjacent to an activating group) is 1. The number of halogens is 3. The zero-order valence-corrected chi connectivity index (χ0v) is 16.5. The Morgan fingerprint density at radius 1 is 1.26 bits per heavy atom. The third-order valence-corrected chi connectivity index (χ3v) is 5.70. The lowest BCUT2D eigenvalue weighted by atomic mass is 10.1. The third kappa shape index (κ3) is 5.28. The van der Waals surface area contributed by atoms with Crippen LogP contribution in [0.25, 0.3) is 10.6 Å². The lowest BCUT2D eigenvalue weighted by Gasteiger charge is -2.33. The van der Waals surface area contributed by atoms with Gasteiger partial charge in [-0.3, -0.25) is 4.90 Å². The summed E-state index contributed by atoms with van der Waals surface area (Å²) in [6.07, 6.45) is -4.13. The molecule has 0 bridgehead atoms. The number of aromatic nitrogens is 1. The van der Waals surface area contributed by atoms with Gasteiger partial charge < -0.3 is 9.64 Å². The zero-order valence-electron chi connectivity index (χ0n) is 15.7. The first kappa shape index (κ1) is 20.3. The van der Waals surface area contributed by atoms with Crippen LogP contribution >= 0.6 is 11.3 Å². The van der Waals surface area contributed by atoms with Crippen LogP contribution in [0.15, 0.2) is 24.3 Å². The Bertz CT molecular complexity index is 759. The number of hydrogen-bond acceptors (Lipinski definition) is 5. The van der Waals surface area contributed by atoms with E-state index in [1.807, 2.05) is 21.0 Å². The highest BCUT2D eigenvalue weighted by Crippen LogP contribution is 2.33. The SMILES string of the molecule is Cc1nc(-c2ccc(C(F)(F)F)cc2)sc1CN1CCOC(CN(C)C)C1. The molecule has 1 aliphatic heterocycles. The van der Waals surface area contributed by atoms with E-state index in [1.165, 1.54) is 12.1 Å². The quantitative estimate of drug-likeness (QED) is 0.763. The summed E-state index contributed by atoms with van der Waals surface area (Å²) in [5.41, 5.74) is 1.01. The van der Waals surface area contributed by atoms with Gasteiger partial charge >= 0.3 is 6.18 Å². The van der Waals surface area contributed by atoms with Crippen molar-refractivity contribution in [1.82, 2.24) is 14.8 Å². The second-order valence-corrected chi connectivity index (χ2v) is 8.18. The molecule has 1 atom stereocenters. The lowest BCUT2D eigenvalue weighted by Crippen LogP contribution is -2.45. The van der Waals surface area contributed by atoms with E-state index in [9.17, 15) is 13.2 Å². The molecular weight excluding hydrogens is 375 g/mol. The van der Waals surface area contributed by atoms with Crippen molar-refractivity contribution < 1.29 is 17.9 Å². The van der Waals surface area contributed by atoms with Gasteiger partial charge in [0.15, 0.2) is 0 Å². The van der Waals surface area contributed by atoms with Gasteiger partial charge in [0, 0.05) is 36.6 Å². The van der Waals surface area contributed by atoms with Crippen LogP contribution in [-0.4, -0.2) is 61.2 Å². The van der Waals surface area contributed by atoms with E-state index in [0.717, 1.165) is 59.5 Å². The first-order chi connectivity index (χ1) is 12.7. The summed E-state index contributed by atoms with van der Waals surface area (Å²) in [6, 6.07) is 5.21. The maximum atomic E-state index is 12.7.